The van der Waals surface area contributed by atoms with Gasteiger partial charge < -0.3 is 5.11 Å². The van der Waals surface area contributed by atoms with E-state index in [1.165, 1.54) is 0 Å². The van der Waals surface area contributed by atoms with E-state index in [1.807, 2.05) is 12.1 Å². The summed E-state index contributed by atoms with van der Waals surface area (Å²) < 4.78 is 0. The maximum absolute atomic E-state index is 9.36. The van der Waals surface area contributed by atoms with Crippen molar-refractivity contribution >= 4 is 0 Å². The lowest BCUT2D eigenvalue weighted by Gasteiger charge is -1.96. The second-order valence-corrected chi connectivity index (χ2v) is 2.48. The summed E-state index contributed by atoms with van der Waals surface area (Å²) in [5.74, 6) is 11.2. The van der Waals surface area contributed by atoms with E-state index in [4.69, 9.17) is 0 Å². The largest absolute Gasteiger partial charge is 0.508 e. The molecular weight excluding hydrogens is 160 g/mol. The maximum Gasteiger partial charge on any atom is 0.119 e. The van der Waals surface area contributed by atoms with E-state index < -0.39 is 0 Å². The van der Waals surface area contributed by atoms with E-state index in [1.54, 1.807) is 19.1 Å². The van der Waals surface area contributed by atoms with Gasteiger partial charge in [-0.1, -0.05) is 30.0 Å². The molecule has 1 nitrogen and oxygen atoms in total. The van der Waals surface area contributed by atoms with Gasteiger partial charge in [-0.2, -0.15) is 0 Å². The summed E-state index contributed by atoms with van der Waals surface area (Å²) >= 11 is 0. The molecule has 64 valence electrons. The summed E-state index contributed by atoms with van der Waals surface area (Å²) in [6, 6.07) is 7.17. The Kier molecular flexibility index (Phi) is 3.48. The van der Waals surface area contributed by atoms with Gasteiger partial charge in [0.1, 0.15) is 5.75 Å². The van der Waals surface area contributed by atoms with Gasteiger partial charge in [-0.05, 0) is 24.8 Å². The fourth-order valence-electron chi connectivity index (χ4n) is 0.906. The molecule has 1 aromatic carbocycles. The normalized spacial score (nSPS) is 7.77. The molecule has 13 heavy (non-hydrogen) atoms. The molecule has 0 atom stereocenters. The van der Waals surface area contributed by atoms with E-state index in [0.29, 0.717) is 12.2 Å². The third kappa shape index (κ3) is 2.93. The van der Waals surface area contributed by atoms with Crippen LogP contribution in [0.25, 0.3) is 0 Å². The van der Waals surface area contributed by atoms with Gasteiger partial charge in [0.25, 0.3) is 0 Å². The van der Waals surface area contributed by atoms with E-state index >= 15 is 0 Å². The third-order valence-corrected chi connectivity index (χ3v) is 1.55. The van der Waals surface area contributed by atoms with Crippen LogP contribution in [-0.4, -0.2) is 5.11 Å². The van der Waals surface area contributed by atoms with Crippen LogP contribution in [0.4, 0.5) is 0 Å². The minimum absolute atomic E-state index is 0.293. The first-order valence-corrected chi connectivity index (χ1v) is 4.01. The monoisotopic (exact) mass is 170 g/mol. The average Bonchev–Trinajstić information content (AvgIpc) is 2.15. The quantitative estimate of drug-likeness (QED) is 0.639. The summed E-state index contributed by atoms with van der Waals surface area (Å²) in [5.41, 5.74) is 0.841. The molecule has 0 amide bonds. The zero-order valence-electron chi connectivity index (χ0n) is 7.46. The number of benzene rings is 1. The van der Waals surface area contributed by atoms with Crippen LogP contribution in [0.3, 0.4) is 0 Å². The van der Waals surface area contributed by atoms with Gasteiger partial charge in [-0.25, -0.2) is 0 Å². The second-order valence-electron chi connectivity index (χ2n) is 2.48. The first-order valence-electron chi connectivity index (χ1n) is 4.01. The van der Waals surface area contributed by atoms with Gasteiger partial charge in [0.2, 0.25) is 0 Å². The van der Waals surface area contributed by atoms with Crippen LogP contribution in [0.2, 0.25) is 0 Å². The molecule has 0 aliphatic rings. The molecular formula is C12H10O. The summed E-state index contributed by atoms with van der Waals surface area (Å²) in [6.07, 6.45) is 0.543. The second kappa shape index (κ2) is 4.91. The van der Waals surface area contributed by atoms with Gasteiger partial charge in [0.15, 0.2) is 0 Å². The summed E-state index contributed by atoms with van der Waals surface area (Å²) in [6.45, 7) is 1.74. The predicted molar refractivity (Wildman–Crippen MR) is 53.0 cm³/mol. The first-order chi connectivity index (χ1) is 6.34. The summed E-state index contributed by atoms with van der Waals surface area (Å²) in [5, 5.41) is 9.36. The van der Waals surface area contributed by atoms with Crippen molar-refractivity contribution in [1.82, 2.24) is 0 Å². The van der Waals surface area contributed by atoms with Crippen LogP contribution in [0, 0.1) is 23.7 Å². The van der Waals surface area contributed by atoms with Crippen molar-refractivity contribution in [2.75, 3.05) is 0 Å². The molecule has 0 spiro atoms. The highest BCUT2D eigenvalue weighted by atomic mass is 16.3. The molecule has 0 aliphatic heterocycles. The van der Waals surface area contributed by atoms with Crippen LogP contribution in [0.15, 0.2) is 24.3 Å². The molecule has 1 heteroatoms. The Morgan fingerprint density at radius 1 is 1.23 bits per heavy atom. The van der Waals surface area contributed by atoms with Crippen LogP contribution < -0.4 is 0 Å². The minimum atomic E-state index is 0.293. The van der Waals surface area contributed by atoms with Gasteiger partial charge in [-0.3, -0.25) is 0 Å². The molecule has 1 rings (SSSR count). The number of phenols is 1. The third-order valence-electron chi connectivity index (χ3n) is 1.55. The number of para-hydroxylation sites is 1. The fraction of sp³-hybridized carbons (Fsp3) is 0.167. The van der Waals surface area contributed by atoms with Crippen molar-refractivity contribution in [3.63, 3.8) is 0 Å². The highest BCUT2D eigenvalue weighted by Crippen LogP contribution is 2.15. The number of hydrogen-bond donors (Lipinski definition) is 1. The smallest absolute Gasteiger partial charge is 0.119 e. The van der Waals surface area contributed by atoms with Crippen LogP contribution in [-0.2, 0) is 6.42 Å². The molecule has 0 unspecified atom stereocenters. The standard InChI is InChI=1S/C12H10O/c1-2-3-4-5-8-11-9-6-7-10-12(11)13/h6-7,9-10,13H,8H2,1H3. The molecule has 0 fully saturated rings. The molecule has 1 aromatic rings. The Morgan fingerprint density at radius 3 is 2.69 bits per heavy atom. The summed E-state index contributed by atoms with van der Waals surface area (Å²) in [4.78, 5) is 0. The first kappa shape index (κ1) is 9.23. The number of aromatic hydroxyl groups is 1. The van der Waals surface area contributed by atoms with Crippen LogP contribution >= 0.6 is 0 Å². The molecule has 0 aromatic heterocycles. The van der Waals surface area contributed by atoms with Crippen molar-refractivity contribution in [3.05, 3.63) is 29.8 Å². The van der Waals surface area contributed by atoms with E-state index in [-0.39, 0.29) is 0 Å². The maximum atomic E-state index is 9.36. The minimum Gasteiger partial charge on any atom is -0.508 e. The van der Waals surface area contributed by atoms with E-state index in [9.17, 15) is 5.11 Å². The Morgan fingerprint density at radius 2 is 2.00 bits per heavy atom. The molecule has 1 N–H and O–H groups in total. The van der Waals surface area contributed by atoms with Gasteiger partial charge in [0, 0.05) is 12.0 Å². The van der Waals surface area contributed by atoms with Crippen LogP contribution in [0.5, 0.6) is 5.75 Å². The van der Waals surface area contributed by atoms with Crippen molar-refractivity contribution in [2.45, 2.75) is 13.3 Å². The van der Waals surface area contributed by atoms with Gasteiger partial charge >= 0.3 is 0 Å². The molecule has 0 aliphatic carbocycles. The Balaban J connectivity index is 2.70. The number of phenolic OH excluding ortho intramolecular Hbond substituents is 1. The molecule has 0 saturated carbocycles. The highest BCUT2D eigenvalue weighted by molar-refractivity contribution is 5.36. The Hall–Kier alpha value is -1.86. The van der Waals surface area contributed by atoms with Crippen molar-refractivity contribution in [1.29, 1.82) is 0 Å². The molecule has 0 radical (unpaired) electrons. The lowest BCUT2D eigenvalue weighted by molar-refractivity contribution is 0.470. The van der Waals surface area contributed by atoms with Crippen molar-refractivity contribution < 1.29 is 5.11 Å². The average molecular weight is 170 g/mol. The molecule has 0 bridgehead atoms. The summed E-state index contributed by atoms with van der Waals surface area (Å²) in [7, 11) is 0. The number of hydrogen-bond acceptors (Lipinski definition) is 1. The van der Waals surface area contributed by atoms with Crippen molar-refractivity contribution in [3.8, 4) is 29.4 Å². The lowest BCUT2D eigenvalue weighted by Crippen LogP contribution is -1.80. The van der Waals surface area contributed by atoms with Crippen LogP contribution in [0.1, 0.15) is 12.5 Å². The van der Waals surface area contributed by atoms with Gasteiger partial charge in [0.05, 0.1) is 0 Å². The molecule has 0 saturated heterocycles. The molecule has 0 heterocycles. The Labute approximate surface area is 78.4 Å². The number of rotatable bonds is 1. The fourth-order valence-corrected chi connectivity index (χ4v) is 0.906. The zero-order valence-corrected chi connectivity index (χ0v) is 7.46. The zero-order chi connectivity index (χ0) is 9.52. The van der Waals surface area contributed by atoms with Gasteiger partial charge in [-0.15, -0.1) is 0 Å². The van der Waals surface area contributed by atoms with E-state index in [0.717, 1.165) is 5.56 Å². The Bertz CT molecular complexity index is 396. The van der Waals surface area contributed by atoms with E-state index in [2.05, 4.69) is 23.7 Å². The SMILES string of the molecule is CC#CC#CCc1ccccc1O. The predicted octanol–water partition coefficient (Wildman–Crippen LogP) is 1.96. The lowest BCUT2D eigenvalue weighted by atomic mass is 10.1. The topological polar surface area (TPSA) is 20.2 Å². The van der Waals surface area contributed by atoms with Crippen molar-refractivity contribution in [2.24, 2.45) is 0 Å². The highest BCUT2D eigenvalue weighted by Gasteiger charge is 1.94.